The third kappa shape index (κ3) is 32.7. The standard InChI is InChI=1S/C16H26O7.C7H12O2.C5H8O2/c1-13(2)15(17)22-11-9-20-7-5-19-6-8-21-10-12-23-16(18)14(3)4;1-3-5-6-9-7(8)4-2;1-4(2)5(6)7-3/h1,3,5-12H2,2,4H3;4H,2-3,5-6H2,1H3;1H2,2-3H3. The molecule has 0 rings (SSSR count). The van der Waals surface area contributed by atoms with Crippen molar-refractivity contribution in [3.8, 4) is 0 Å². The van der Waals surface area contributed by atoms with E-state index in [1.165, 1.54) is 13.2 Å². The number of ether oxygens (including phenoxy) is 7. The lowest BCUT2D eigenvalue weighted by Crippen LogP contribution is -2.15. The predicted molar refractivity (Wildman–Crippen MR) is 147 cm³/mol. The fraction of sp³-hybridized carbons (Fsp3) is 0.571. The van der Waals surface area contributed by atoms with Gasteiger partial charge in [-0.2, -0.15) is 0 Å². The van der Waals surface area contributed by atoms with Crippen LogP contribution in [0, 0.1) is 0 Å². The Kier molecular flexibility index (Phi) is 30.2. The molecule has 0 unspecified atom stereocenters. The lowest BCUT2D eigenvalue weighted by atomic mass is 10.4. The highest BCUT2D eigenvalue weighted by Gasteiger charge is 2.03. The minimum atomic E-state index is -0.420. The molecule has 0 aromatic carbocycles. The molecular formula is C28H46O11. The number of hydrogen-bond donors (Lipinski definition) is 0. The van der Waals surface area contributed by atoms with Gasteiger partial charge < -0.3 is 33.2 Å². The van der Waals surface area contributed by atoms with E-state index >= 15 is 0 Å². The molecule has 0 aliphatic rings. The van der Waals surface area contributed by atoms with Crippen molar-refractivity contribution in [3.63, 3.8) is 0 Å². The van der Waals surface area contributed by atoms with Gasteiger partial charge >= 0.3 is 23.9 Å². The van der Waals surface area contributed by atoms with E-state index in [0.29, 0.717) is 63.0 Å². The summed E-state index contributed by atoms with van der Waals surface area (Å²) >= 11 is 0. The second kappa shape index (κ2) is 29.3. The maximum Gasteiger partial charge on any atom is 0.333 e. The van der Waals surface area contributed by atoms with E-state index in [4.69, 9.17) is 23.7 Å². The van der Waals surface area contributed by atoms with E-state index in [0.717, 1.165) is 12.8 Å². The normalized spacial score (nSPS) is 9.36. The molecule has 0 fully saturated rings. The predicted octanol–water partition coefficient (Wildman–Crippen LogP) is 3.53. The Morgan fingerprint density at radius 1 is 0.590 bits per heavy atom. The SMILES string of the molecule is C=C(C)C(=O)OC.C=C(C)C(=O)OCCOCCOCCOCCOC(=O)C(=C)C.C=CC(=O)OCCCC. The molecule has 0 aromatic rings. The van der Waals surface area contributed by atoms with Crippen LogP contribution in [0.15, 0.2) is 49.1 Å². The quantitative estimate of drug-likeness (QED) is 0.0998. The number of rotatable bonds is 19. The molecule has 0 aliphatic carbocycles. The average Bonchev–Trinajstić information content (AvgIpc) is 2.90. The van der Waals surface area contributed by atoms with Crippen LogP contribution in [0.1, 0.15) is 40.5 Å². The van der Waals surface area contributed by atoms with Crippen LogP contribution in [-0.2, 0) is 52.3 Å². The molecule has 11 nitrogen and oxygen atoms in total. The minimum absolute atomic E-state index is 0.192. The van der Waals surface area contributed by atoms with Crippen LogP contribution in [0.2, 0.25) is 0 Å². The Labute approximate surface area is 232 Å². The Hall–Kier alpha value is -3.28. The van der Waals surface area contributed by atoms with Gasteiger partial charge in [-0.05, 0) is 27.2 Å². The zero-order valence-corrected chi connectivity index (χ0v) is 24.2. The number of esters is 4. The molecule has 0 atom stereocenters. The molecule has 39 heavy (non-hydrogen) atoms. The summed E-state index contributed by atoms with van der Waals surface area (Å²) in [7, 11) is 1.33. The number of unbranched alkanes of at least 4 members (excludes halogenated alkanes) is 1. The Morgan fingerprint density at radius 3 is 1.21 bits per heavy atom. The van der Waals surface area contributed by atoms with Crippen molar-refractivity contribution in [3.05, 3.63) is 49.1 Å². The number of methoxy groups -OCH3 is 1. The van der Waals surface area contributed by atoms with Crippen molar-refractivity contribution in [2.24, 2.45) is 0 Å². The summed E-state index contributed by atoms with van der Waals surface area (Å²) in [5.74, 6) is -1.52. The highest BCUT2D eigenvalue weighted by Crippen LogP contribution is 1.93. The number of carbonyl (C=O) groups excluding carboxylic acids is 4. The van der Waals surface area contributed by atoms with Gasteiger partial charge in [0.15, 0.2) is 0 Å². The van der Waals surface area contributed by atoms with Gasteiger partial charge in [0.05, 0.1) is 53.4 Å². The Bertz CT molecular complexity index is 721. The number of hydrogen-bond acceptors (Lipinski definition) is 11. The van der Waals surface area contributed by atoms with Crippen molar-refractivity contribution in [1.82, 2.24) is 0 Å². The third-order valence-electron chi connectivity index (χ3n) is 3.81. The smallest absolute Gasteiger partial charge is 0.333 e. The first kappa shape index (κ1) is 40.2. The zero-order valence-electron chi connectivity index (χ0n) is 24.2. The van der Waals surface area contributed by atoms with Crippen molar-refractivity contribution in [1.29, 1.82) is 0 Å². The highest BCUT2D eigenvalue weighted by atomic mass is 16.6. The van der Waals surface area contributed by atoms with Crippen LogP contribution < -0.4 is 0 Å². The maximum absolute atomic E-state index is 11.0. The van der Waals surface area contributed by atoms with Gasteiger partial charge in [-0.1, -0.05) is 39.7 Å². The lowest BCUT2D eigenvalue weighted by Gasteiger charge is -2.08. The van der Waals surface area contributed by atoms with Crippen LogP contribution in [0.5, 0.6) is 0 Å². The van der Waals surface area contributed by atoms with Gasteiger partial charge in [0.25, 0.3) is 0 Å². The second-order valence-corrected chi connectivity index (χ2v) is 7.67. The van der Waals surface area contributed by atoms with Crippen molar-refractivity contribution < 1.29 is 52.3 Å². The third-order valence-corrected chi connectivity index (χ3v) is 3.81. The fourth-order valence-electron chi connectivity index (χ4n) is 1.73. The molecule has 0 aromatic heterocycles. The molecular weight excluding hydrogens is 512 g/mol. The van der Waals surface area contributed by atoms with Crippen LogP contribution in [0.4, 0.5) is 0 Å². The summed E-state index contributed by atoms with van der Waals surface area (Å²) in [6, 6.07) is 0. The summed E-state index contributed by atoms with van der Waals surface area (Å²) in [6.45, 7) is 23.5. The molecule has 0 N–H and O–H groups in total. The summed E-state index contributed by atoms with van der Waals surface area (Å²) in [6.07, 6.45) is 3.15. The van der Waals surface area contributed by atoms with Crippen LogP contribution in [-0.4, -0.2) is 90.4 Å². The number of carbonyl (C=O) groups is 4. The molecule has 0 bridgehead atoms. The topological polar surface area (TPSA) is 133 Å². The molecule has 0 saturated carbocycles. The summed E-state index contributed by atoms with van der Waals surface area (Å²) in [4.78, 5) is 42.6. The largest absolute Gasteiger partial charge is 0.466 e. The summed E-state index contributed by atoms with van der Waals surface area (Å²) in [5.41, 5.74) is 1.16. The average molecular weight is 559 g/mol. The van der Waals surface area contributed by atoms with Crippen molar-refractivity contribution in [2.75, 3.05) is 66.6 Å². The Morgan fingerprint density at radius 2 is 0.949 bits per heavy atom. The van der Waals surface area contributed by atoms with Gasteiger partial charge in [-0.15, -0.1) is 0 Å². The Balaban J connectivity index is -0.000000658. The lowest BCUT2D eigenvalue weighted by molar-refractivity contribution is -0.141. The van der Waals surface area contributed by atoms with Gasteiger partial charge in [-0.3, -0.25) is 0 Å². The zero-order chi connectivity index (χ0) is 30.5. The summed E-state index contributed by atoms with van der Waals surface area (Å²) < 4.78 is 34.4. The van der Waals surface area contributed by atoms with Crippen LogP contribution >= 0.6 is 0 Å². The van der Waals surface area contributed by atoms with E-state index in [1.807, 2.05) is 6.92 Å². The molecule has 0 spiro atoms. The molecule has 0 radical (unpaired) electrons. The maximum atomic E-state index is 11.0. The fourth-order valence-corrected chi connectivity index (χ4v) is 1.73. The molecule has 0 amide bonds. The van der Waals surface area contributed by atoms with Gasteiger partial charge in [0.1, 0.15) is 13.2 Å². The minimum Gasteiger partial charge on any atom is -0.466 e. The van der Waals surface area contributed by atoms with Crippen LogP contribution in [0.3, 0.4) is 0 Å². The van der Waals surface area contributed by atoms with Crippen molar-refractivity contribution in [2.45, 2.75) is 40.5 Å². The first-order valence-corrected chi connectivity index (χ1v) is 12.4. The first-order chi connectivity index (χ1) is 18.4. The molecule has 0 aliphatic heterocycles. The second-order valence-electron chi connectivity index (χ2n) is 7.67. The van der Waals surface area contributed by atoms with Gasteiger partial charge in [-0.25, -0.2) is 19.2 Å². The van der Waals surface area contributed by atoms with E-state index < -0.39 is 11.9 Å². The van der Waals surface area contributed by atoms with E-state index in [2.05, 4.69) is 35.8 Å². The van der Waals surface area contributed by atoms with Crippen molar-refractivity contribution >= 4 is 23.9 Å². The van der Waals surface area contributed by atoms with Crippen LogP contribution in [0.25, 0.3) is 0 Å². The molecule has 11 heteroatoms. The monoisotopic (exact) mass is 558 g/mol. The van der Waals surface area contributed by atoms with Gasteiger partial charge in [0.2, 0.25) is 0 Å². The first-order valence-electron chi connectivity index (χ1n) is 12.4. The van der Waals surface area contributed by atoms with E-state index in [9.17, 15) is 19.2 Å². The van der Waals surface area contributed by atoms with E-state index in [1.54, 1.807) is 20.8 Å². The molecule has 0 heterocycles. The highest BCUT2D eigenvalue weighted by molar-refractivity contribution is 5.87. The molecule has 0 saturated heterocycles. The molecule has 224 valence electrons. The summed E-state index contributed by atoms with van der Waals surface area (Å²) in [5, 5.41) is 0. The van der Waals surface area contributed by atoms with E-state index in [-0.39, 0.29) is 25.2 Å². The van der Waals surface area contributed by atoms with Gasteiger partial charge in [0, 0.05) is 22.8 Å².